The van der Waals surface area contributed by atoms with Crippen LogP contribution in [-0.2, 0) is 35.1 Å². The predicted octanol–water partition coefficient (Wildman–Crippen LogP) is 10.2. The van der Waals surface area contributed by atoms with Crippen molar-refractivity contribution in [3.63, 3.8) is 0 Å². The molecule has 4 aromatic rings. The molecule has 0 radical (unpaired) electrons. The van der Waals surface area contributed by atoms with Gasteiger partial charge in [-0.3, -0.25) is 0 Å². The van der Waals surface area contributed by atoms with Crippen LogP contribution in [0, 0.1) is 12.0 Å². The Morgan fingerprint density at radius 3 is 1.72 bits per heavy atom. The summed E-state index contributed by atoms with van der Waals surface area (Å²) in [5, 5.41) is 9.74. The predicted molar refractivity (Wildman–Crippen MR) is 160 cm³/mol. The molecule has 3 aromatic carbocycles. The third-order valence-corrected chi connectivity index (χ3v) is 6.89. The van der Waals surface area contributed by atoms with Crippen molar-refractivity contribution < 1.29 is 24.2 Å². The molecule has 0 fully saturated rings. The van der Waals surface area contributed by atoms with Gasteiger partial charge in [-0.1, -0.05) is 101 Å². The second kappa shape index (κ2) is 11.7. The van der Waals surface area contributed by atoms with Crippen LogP contribution in [0.2, 0.25) is 0 Å². The maximum absolute atomic E-state index is 3.37. The van der Waals surface area contributed by atoms with Gasteiger partial charge in [-0.15, -0.1) is 51.4 Å². The zero-order valence-corrected chi connectivity index (χ0v) is 26.7. The molecule has 0 N–H and O–H groups in total. The Hall–Kier alpha value is -1.76. The molecule has 1 aliphatic rings. The average Bonchev–Trinajstić information content (AvgIpc) is 3.51. The molecule has 186 valence electrons. The Kier molecular flexibility index (Phi) is 9.40. The zero-order valence-electron chi connectivity index (χ0n) is 23.4. The number of hydrogen-bond donors (Lipinski definition) is 0. The summed E-state index contributed by atoms with van der Waals surface area (Å²) in [7, 11) is 0. The second-order valence-corrected chi connectivity index (χ2v) is 15.2. The molecule has 0 spiro atoms. The molecule has 1 aliphatic carbocycles. The van der Waals surface area contributed by atoms with E-state index in [0.717, 1.165) is 0 Å². The number of benzene rings is 2. The van der Waals surface area contributed by atoms with Crippen molar-refractivity contribution in [2.45, 2.75) is 73.1 Å². The van der Waals surface area contributed by atoms with Gasteiger partial charge in [0.15, 0.2) is 0 Å². The number of hydrogen-bond acceptors (Lipinski definition) is 1. The van der Waals surface area contributed by atoms with E-state index < -0.39 is 0 Å². The van der Waals surface area contributed by atoms with Gasteiger partial charge in [-0.25, -0.2) is 0 Å². The van der Waals surface area contributed by atoms with E-state index in [1.807, 2.05) is 0 Å². The molecule has 0 bridgehead atoms. The summed E-state index contributed by atoms with van der Waals surface area (Å²) >= 11 is 3.29. The van der Waals surface area contributed by atoms with Crippen molar-refractivity contribution >= 4 is 41.7 Å². The Bertz CT molecular complexity index is 1310. The Labute approximate surface area is 237 Å². The maximum atomic E-state index is 3.37. The molecule has 1 heterocycles. The average molecular weight is 572 g/mol. The van der Waals surface area contributed by atoms with E-state index in [4.69, 9.17) is 0 Å². The summed E-state index contributed by atoms with van der Waals surface area (Å²) in [4.78, 5) is 0. The molecule has 1 unspecified atom stereocenters. The van der Waals surface area contributed by atoms with E-state index in [1.165, 1.54) is 47.0 Å². The topological polar surface area (TPSA) is 0 Å². The minimum absolute atomic E-state index is 0.194. The third-order valence-electron chi connectivity index (χ3n) is 6.21. The van der Waals surface area contributed by atoms with Crippen molar-refractivity contribution in [2.75, 3.05) is 0 Å². The Balaban J connectivity index is 0.000000200. The van der Waals surface area contributed by atoms with E-state index in [9.17, 15) is 0 Å². The van der Waals surface area contributed by atoms with Crippen LogP contribution in [0.1, 0.15) is 79.0 Å². The molecular formula is C34H40SZr. The summed E-state index contributed by atoms with van der Waals surface area (Å²) < 4.78 is 1.51. The summed E-state index contributed by atoms with van der Waals surface area (Å²) in [5.74, 6) is 0.491. The molecule has 5 rings (SSSR count). The first-order chi connectivity index (χ1) is 16.8. The van der Waals surface area contributed by atoms with Gasteiger partial charge >= 0.3 is 41.3 Å². The Morgan fingerprint density at radius 2 is 1.36 bits per heavy atom. The molecule has 36 heavy (non-hydrogen) atoms. The van der Waals surface area contributed by atoms with Crippen molar-refractivity contribution in [3.8, 4) is 0 Å². The summed E-state index contributed by atoms with van der Waals surface area (Å²) in [6, 6.07) is 18.3. The SMILES string of the molecule is CC(C)(C)c1ccc2[cH-]c3ccc(C(C)(C)C)cc3c2c1.CC1[C-]=C(c2ccsc2)C=C1.C[C](C)=[Zr+2]. The van der Waals surface area contributed by atoms with Crippen LogP contribution < -0.4 is 0 Å². The van der Waals surface area contributed by atoms with Gasteiger partial charge in [0.1, 0.15) is 0 Å². The molecule has 0 saturated carbocycles. The van der Waals surface area contributed by atoms with Crippen molar-refractivity contribution in [1.29, 1.82) is 0 Å². The van der Waals surface area contributed by atoms with Crippen LogP contribution in [0.4, 0.5) is 0 Å². The number of rotatable bonds is 1. The molecule has 0 amide bonds. The molecule has 0 saturated heterocycles. The van der Waals surface area contributed by atoms with E-state index in [2.05, 4.69) is 140 Å². The first kappa shape index (κ1) is 28.8. The van der Waals surface area contributed by atoms with E-state index in [-0.39, 0.29) is 10.8 Å². The van der Waals surface area contributed by atoms with Crippen LogP contribution in [0.15, 0.2) is 71.4 Å². The van der Waals surface area contributed by atoms with E-state index in [0.29, 0.717) is 5.92 Å². The number of fused-ring (bicyclic) bond motifs is 3. The van der Waals surface area contributed by atoms with Crippen molar-refractivity contribution in [3.05, 3.63) is 94.2 Å². The van der Waals surface area contributed by atoms with Crippen LogP contribution in [-0.4, -0.2) is 3.21 Å². The zero-order chi connectivity index (χ0) is 26.7. The van der Waals surface area contributed by atoms with Gasteiger partial charge in [0.2, 0.25) is 0 Å². The van der Waals surface area contributed by atoms with E-state index in [1.54, 1.807) is 35.6 Å². The van der Waals surface area contributed by atoms with Crippen molar-refractivity contribution in [2.24, 2.45) is 5.92 Å². The molecule has 0 nitrogen and oxygen atoms in total. The van der Waals surface area contributed by atoms with Gasteiger partial charge < -0.3 is 0 Å². The monoisotopic (exact) mass is 570 g/mol. The molecule has 0 aliphatic heterocycles. The third kappa shape index (κ3) is 7.63. The van der Waals surface area contributed by atoms with Gasteiger partial charge in [-0.05, 0) is 16.2 Å². The van der Waals surface area contributed by atoms with Gasteiger partial charge in [-0.2, -0.15) is 29.1 Å². The normalized spacial score (nSPS) is 15.3. The molecule has 2 heteroatoms. The second-order valence-electron chi connectivity index (χ2n) is 12.0. The Morgan fingerprint density at radius 1 is 0.861 bits per heavy atom. The van der Waals surface area contributed by atoms with Gasteiger partial charge in [0.25, 0.3) is 0 Å². The fraction of sp³-hybridized carbons (Fsp3) is 0.353. The van der Waals surface area contributed by atoms with Crippen LogP contribution in [0.3, 0.4) is 0 Å². The van der Waals surface area contributed by atoms with Crippen LogP contribution in [0.25, 0.3) is 27.1 Å². The fourth-order valence-corrected chi connectivity index (χ4v) is 4.77. The van der Waals surface area contributed by atoms with Crippen molar-refractivity contribution in [1.82, 2.24) is 0 Å². The number of thiophene rings is 1. The van der Waals surface area contributed by atoms with Crippen LogP contribution in [0.5, 0.6) is 0 Å². The quantitative estimate of drug-likeness (QED) is 0.199. The molecular weight excluding hydrogens is 532 g/mol. The fourth-order valence-electron chi connectivity index (χ4n) is 4.11. The van der Waals surface area contributed by atoms with Gasteiger partial charge in [0, 0.05) is 0 Å². The first-order valence-electron chi connectivity index (χ1n) is 12.8. The molecule has 1 aromatic heterocycles. The summed E-state index contributed by atoms with van der Waals surface area (Å²) in [5.41, 5.74) is 5.75. The standard InChI is InChI=1S/C21H25.C10H9S.C3H6.Zr/c1-20(2,3)16-9-7-14-11-15-8-10-17(21(4,5)6)13-19(15)18(14)12-16;1-8-2-3-9(6-8)10-4-5-11-7-10;1-3-2;/h7-13H,1-6H3;2-5,7-8H,1H3;1-2H3;/q2*-1;;+2. The summed E-state index contributed by atoms with van der Waals surface area (Å²) in [6.45, 7) is 20.1. The minimum atomic E-state index is 0.194. The summed E-state index contributed by atoms with van der Waals surface area (Å²) in [6.07, 6.45) is 7.69. The number of allylic oxidation sites excluding steroid dienone is 4. The molecule has 1 atom stereocenters. The van der Waals surface area contributed by atoms with E-state index >= 15 is 0 Å². The van der Waals surface area contributed by atoms with Crippen LogP contribution >= 0.6 is 11.3 Å². The first-order valence-corrected chi connectivity index (χ1v) is 14.9. The van der Waals surface area contributed by atoms with Gasteiger partial charge in [0.05, 0.1) is 0 Å².